The van der Waals surface area contributed by atoms with Crippen molar-refractivity contribution in [1.29, 1.82) is 0 Å². The first kappa shape index (κ1) is 20.6. The molecule has 0 aliphatic carbocycles. The van der Waals surface area contributed by atoms with Gasteiger partial charge in [0.1, 0.15) is 0 Å². The van der Waals surface area contributed by atoms with Gasteiger partial charge >= 0.3 is 0 Å². The van der Waals surface area contributed by atoms with Gasteiger partial charge in [0.05, 0.1) is 14.2 Å². The molecule has 0 aliphatic rings. The van der Waals surface area contributed by atoms with Crippen molar-refractivity contribution in [3.63, 3.8) is 0 Å². The van der Waals surface area contributed by atoms with E-state index in [0.29, 0.717) is 12.5 Å². The number of hydrogen-bond acceptors (Lipinski definition) is 3. The Hall–Kier alpha value is -1.44. The highest BCUT2D eigenvalue weighted by Gasteiger charge is 2.04. The van der Waals surface area contributed by atoms with Crippen LogP contribution in [0, 0.1) is 0 Å². The lowest BCUT2D eigenvalue weighted by Gasteiger charge is -2.10. The third kappa shape index (κ3) is 7.53. The molecule has 1 aromatic rings. The van der Waals surface area contributed by atoms with Crippen molar-refractivity contribution in [3.05, 3.63) is 35.9 Å². The highest BCUT2D eigenvalue weighted by atomic mass is 127. The van der Waals surface area contributed by atoms with Crippen molar-refractivity contribution in [2.75, 3.05) is 27.3 Å². The number of ether oxygens (including phenoxy) is 2. The fraction of sp³-hybridized carbons (Fsp3) is 0.438. The normalized spacial score (nSPS) is 11.1. The van der Waals surface area contributed by atoms with Crippen LogP contribution in [0.4, 0.5) is 0 Å². The smallest absolute Gasteiger partial charge is 0.188 e. The molecule has 0 amide bonds. The van der Waals surface area contributed by atoms with E-state index in [1.807, 2.05) is 31.2 Å². The van der Waals surface area contributed by atoms with E-state index < -0.39 is 0 Å². The van der Waals surface area contributed by atoms with E-state index >= 15 is 0 Å². The molecule has 0 unspecified atom stereocenters. The first-order valence-corrected chi connectivity index (χ1v) is 7.07. The molecule has 0 aromatic heterocycles. The first-order chi connectivity index (χ1) is 10.2. The van der Waals surface area contributed by atoms with Crippen LogP contribution in [-0.4, -0.2) is 33.3 Å². The van der Waals surface area contributed by atoms with Crippen molar-refractivity contribution >= 4 is 29.9 Å². The van der Waals surface area contributed by atoms with Crippen LogP contribution in [0.5, 0.6) is 11.5 Å². The fourth-order valence-corrected chi connectivity index (χ4v) is 1.85. The Labute approximate surface area is 150 Å². The van der Waals surface area contributed by atoms with Gasteiger partial charge in [0.25, 0.3) is 0 Å². The van der Waals surface area contributed by atoms with Gasteiger partial charge in [-0.3, -0.25) is 4.99 Å². The molecular weight excluding hydrogens is 393 g/mol. The SMILES string of the molecule is CC=CCCN=C(N)NCCc1ccc(OC)c(OC)c1.I. The highest BCUT2D eigenvalue weighted by Crippen LogP contribution is 2.27. The summed E-state index contributed by atoms with van der Waals surface area (Å²) in [4.78, 5) is 4.24. The molecule has 1 rings (SSSR count). The van der Waals surface area contributed by atoms with Crippen LogP contribution in [0.25, 0.3) is 0 Å². The molecule has 0 saturated heterocycles. The highest BCUT2D eigenvalue weighted by molar-refractivity contribution is 14.0. The maximum absolute atomic E-state index is 5.79. The Balaban J connectivity index is 0.00000441. The summed E-state index contributed by atoms with van der Waals surface area (Å²) in [5.41, 5.74) is 6.95. The van der Waals surface area contributed by atoms with Crippen LogP contribution in [0.1, 0.15) is 18.9 Å². The van der Waals surface area contributed by atoms with Crippen LogP contribution >= 0.6 is 24.0 Å². The molecule has 5 nitrogen and oxygen atoms in total. The summed E-state index contributed by atoms with van der Waals surface area (Å²) in [5, 5.41) is 3.11. The predicted octanol–water partition coefficient (Wildman–Crippen LogP) is 2.73. The quantitative estimate of drug-likeness (QED) is 0.224. The number of rotatable bonds is 8. The summed E-state index contributed by atoms with van der Waals surface area (Å²) in [6.07, 6.45) is 5.83. The van der Waals surface area contributed by atoms with E-state index in [1.54, 1.807) is 14.2 Å². The molecule has 124 valence electrons. The minimum Gasteiger partial charge on any atom is -0.493 e. The lowest BCUT2D eigenvalue weighted by Crippen LogP contribution is -2.33. The number of nitrogens with two attached hydrogens (primary N) is 1. The van der Waals surface area contributed by atoms with Gasteiger partial charge in [-0.05, 0) is 37.5 Å². The first-order valence-electron chi connectivity index (χ1n) is 7.07. The molecule has 0 bridgehead atoms. The van der Waals surface area contributed by atoms with Crippen molar-refractivity contribution < 1.29 is 9.47 Å². The summed E-state index contributed by atoms with van der Waals surface area (Å²) in [7, 11) is 3.26. The number of methoxy groups -OCH3 is 2. The Morgan fingerprint density at radius 2 is 2.00 bits per heavy atom. The fourth-order valence-electron chi connectivity index (χ4n) is 1.85. The number of nitrogens with one attached hydrogen (secondary N) is 1. The van der Waals surface area contributed by atoms with Gasteiger partial charge in [0.15, 0.2) is 17.5 Å². The predicted molar refractivity (Wildman–Crippen MR) is 103 cm³/mol. The van der Waals surface area contributed by atoms with Gasteiger partial charge in [-0.25, -0.2) is 0 Å². The second-order valence-corrected chi connectivity index (χ2v) is 4.49. The zero-order valence-electron chi connectivity index (χ0n) is 13.5. The molecule has 0 atom stereocenters. The molecular formula is C16H26IN3O2. The van der Waals surface area contributed by atoms with Crippen LogP contribution in [0.2, 0.25) is 0 Å². The minimum atomic E-state index is 0. The monoisotopic (exact) mass is 419 g/mol. The molecule has 0 heterocycles. The van der Waals surface area contributed by atoms with Crippen molar-refractivity contribution in [3.8, 4) is 11.5 Å². The third-order valence-electron chi connectivity index (χ3n) is 2.98. The third-order valence-corrected chi connectivity index (χ3v) is 2.98. The molecule has 0 spiro atoms. The zero-order valence-corrected chi connectivity index (χ0v) is 15.8. The van der Waals surface area contributed by atoms with E-state index in [1.165, 1.54) is 0 Å². The standard InChI is InChI=1S/C16H25N3O2.HI/c1-4-5-6-10-18-16(17)19-11-9-13-7-8-14(20-2)15(12-13)21-3;/h4-5,7-8,12H,6,9-11H2,1-3H3,(H3,17,18,19);1H. The van der Waals surface area contributed by atoms with E-state index in [0.717, 1.165) is 36.4 Å². The van der Waals surface area contributed by atoms with Gasteiger partial charge < -0.3 is 20.5 Å². The molecule has 3 N–H and O–H groups in total. The van der Waals surface area contributed by atoms with Gasteiger partial charge in [-0.15, -0.1) is 24.0 Å². The van der Waals surface area contributed by atoms with Crippen LogP contribution < -0.4 is 20.5 Å². The van der Waals surface area contributed by atoms with Crippen molar-refractivity contribution in [1.82, 2.24) is 5.32 Å². The zero-order chi connectivity index (χ0) is 15.5. The molecule has 6 heteroatoms. The molecule has 0 aliphatic heterocycles. The number of halogens is 1. The minimum absolute atomic E-state index is 0. The van der Waals surface area contributed by atoms with Gasteiger partial charge in [-0.2, -0.15) is 0 Å². The van der Waals surface area contributed by atoms with Gasteiger partial charge in [0, 0.05) is 13.1 Å². The Morgan fingerprint density at radius 3 is 2.64 bits per heavy atom. The second-order valence-electron chi connectivity index (χ2n) is 4.49. The summed E-state index contributed by atoms with van der Waals surface area (Å²) in [6.45, 7) is 3.43. The van der Waals surface area contributed by atoms with E-state index in [4.69, 9.17) is 15.2 Å². The van der Waals surface area contributed by atoms with Gasteiger partial charge in [0.2, 0.25) is 0 Å². The largest absolute Gasteiger partial charge is 0.493 e. The number of hydrogen-bond donors (Lipinski definition) is 2. The van der Waals surface area contributed by atoms with E-state index in [-0.39, 0.29) is 24.0 Å². The molecule has 0 fully saturated rings. The second kappa shape index (κ2) is 12.1. The average Bonchev–Trinajstić information content (AvgIpc) is 2.51. The lowest BCUT2D eigenvalue weighted by atomic mass is 10.1. The average molecular weight is 419 g/mol. The number of aliphatic imine (C=N–C) groups is 1. The van der Waals surface area contributed by atoms with Crippen LogP contribution in [0.3, 0.4) is 0 Å². The lowest BCUT2D eigenvalue weighted by molar-refractivity contribution is 0.354. The Bertz CT molecular complexity index is 490. The van der Waals surface area contributed by atoms with Gasteiger partial charge in [-0.1, -0.05) is 18.2 Å². The molecule has 1 aromatic carbocycles. The maximum atomic E-state index is 5.79. The number of guanidine groups is 1. The van der Waals surface area contributed by atoms with E-state index in [2.05, 4.69) is 16.4 Å². The summed E-state index contributed by atoms with van der Waals surface area (Å²) >= 11 is 0. The summed E-state index contributed by atoms with van der Waals surface area (Å²) in [6, 6.07) is 5.89. The number of nitrogens with zero attached hydrogens (tertiary/aromatic N) is 1. The van der Waals surface area contributed by atoms with Crippen molar-refractivity contribution in [2.45, 2.75) is 19.8 Å². The maximum Gasteiger partial charge on any atom is 0.188 e. The number of benzene rings is 1. The Kier molecular flexibility index (Phi) is 11.3. The van der Waals surface area contributed by atoms with E-state index in [9.17, 15) is 0 Å². The number of allylic oxidation sites excluding steroid dienone is 1. The summed E-state index contributed by atoms with van der Waals surface area (Å²) in [5.74, 6) is 1.96. The topological polar surface area (TPSA) is 68.9 Å². The Morgan fingerprint density at radius 1 is 1.27 bits per heavy atom. The van der Waals surface area contributed by atoms with Crippen LogP contribution in [0.15, 0.2) is 35.3 Å². The van der Waals surface area contributed by atoms with Crippen LogP contribution in [-0.2, 0) is 6.42 Å². The molecule has 22 heavy (non-hydrogen) atoms. The summed E-state index contributed by atoms with van der Waals surface area (Å²) < 4.78 is 10.5. The molecule has 0 radical (unpaired) electrons. The van der Waals surface area contributed by atoms with Crippen molar-refractivity contribution in [2.24, 2.45) is 10.7 Å². The molecule has 0 saturated carbocycles.